The third-order valence-corrected chi connectivity index (χ3v) is 7.38. The molecule has 0 radical (unpaired) electrons. The molecule has 1 aliphatic carbocycles. The molecule has 0 heterocycles. The second kappa shape index (κ2) is 9.92. The fraction of sp³-hybridized carbons (Fsp3) is 0.393. The van der Waals surface area contributed by atoms with Gasteiger partial charge in [0.1, 0.15) is 16.9 Å². The zero-order valence-corrected chi connectivity index (χ0v) is 20.9. The molecule has 1 fully saturated rings. The van der Waals surface area contributed by atoms with Crippen molar-refractivity contribution >= 4 is 11.9 Å². The zero-order chi connectivity index (χ0) is 27.6. The number of halogens is 3. The van der Waals surface area contributed by atoms with Gasteiger partial charge >= 0.3 is 18.1 Å². The maximum atomic E-state index is 13.3. The number of para-hydroxylation sites is 1. The smallest absolute Gasteiger partial charge is 0.428 e. The molecule has 9 heteroatoms. The Labute approximate surface area is 213 Å². The standard InChI is InChI=1S/C28H28F3NO5/c1-5-26(4,28(29,30)31)37-23(33)15-14-22-25(2,3)27(22,24(34)35)21(17-32)18-10-9-13-20(16-18)36-19-11-7-6-8-12-19/h6-16,21-22H,5H2,1-4H3,(H,34,35)/t21?,22-,26-,27+/m0/s1. The van der Waals surface area contributed by atoms with Gasteiger partial charge in [0.25, 0.3) is 0 Å². The minimum absolute atomic E-state index is 0.403. The molecule has 0 bridgehead atoms. The summed E-state index contributed by atoms with van der Waals surface area (Å²) in [5.74, 6) is -3.49. The SMILES string of the molecule is CC[C@](C)(OC(=O)C=C[C@H]1C(C)(C)[C@]1(C(=O)O)C(C#N)c1cccc(Oc2ccccc2)c1)C(F)(F)F. The van der Waals surface area contributed by atoms with Crippen LogP contribution < -0.4 is 4.74 Å². The van der Waals surface area contributed by atoms with Crippen LogP contribution in [0.2, 0.25) is 0 Å². The number of rotatable bonds is 9. The van der Waals surface area contributed by atoms with E-state index in [9.17, 15) is 33.1 Å². The van der Waals surface area contributed by atoms with Crippen molar-refractivity contribution in [3.8, 4) is 17.6 Å². The monoisotopic (exact) mass is 515 g/mol. The maximum Gasteiger partial charge on any atom is 0.428 e. The first kappa shape index (κ1) is 27.8. The van der Waals surface area contributed by atoms with Gasteiger partial charge in [-0.3, -0.25) is 4.79 Å². The molecule has 1 aliphatic rings. The predicted molar refractivity (Wildman–Crippen MR) is 129 cm³/mol. The number of alkyl halides is 3. The lowest BCUT2D eigenvalue weighted by Gasteiger charge is -2.30. The Hall–Kier alpha value is -3.80. The van der Waals surface area contributed by atoms with Crippen molar-refractivity contribution in [2.45, 2.75) is 51.8 Å². The lowest BCUT2D eigenvalue weighted by molar-refractivity contribution is -0.262. The molecule has 2 aromatic rings. The van der Waals surface area contributed by atoms with E-state index in [1.807, 2.05) is 6.07 Å². The molecule has 0 saturated heterocycles. The van der Waals surface area contributed by atoms with Crippen LogP contribution in [0.25, 0.3) is 0 Å². The molecule has 4 atom stereocenters. The van der Waals surface area contributed by atoms with Crippen LogP contribution in [0.4, 0.5) is 13.2 Å². The third-order valence-electron chi connectivity index (χ3n) is 7.38. The summed E-state index contributed by atoms with van der Waals surface area (Å²) >= 11 is 0. The number of aliphatic carboxylic acids is 1. The van der Waals surface area contributed by atoms with Gasteiger partial charge in [-0.2, -0.15) is 18.4 Å². The molecule has 37 heavy (non-hydrogen) atoms. The number of hydrogen-bond donors (Lipinski definition) is 1. The van der Waals surface area contributed by atoms with Gasteiger partial charge in [0.05, 0.1) is 12.0 Å². The predicted octanol–water partition coefficient (Wildman–Crippen LogP) is 6.64. The van der Waals surface area contributed by atoms with E-state index in [0.717, 1.165) is 13.0 Å². The van der Waals surface area contributed by atoms with Crippen LogP contribution in [0.1, 0.15) is 45.6 Å². The number of ether oxygens (including phenoxy) is 2. The number of nitriles is 1. The van der Waals surface area contributed by atoms with Crippen molar-refractivity contribution in [3.63, 3.8) is 0 Å². The summed E-state index contributed by atoms with van der Waals surface area (Å²) in [6, 6.07) is 17.5. The van der Waals surface area contributed by atoms with Gasteiger partial charge in [0.15, 0.2) is 0 Å². The number of nitrogens with zero attached hydrogens (tertiary/aromatic N) is 1. The molecular formula is C28H28F3NO5. The quantitative estimate of drug-likeness (QED) is 0.297. The van der Waals surface area contributed by atoms with E-state index in [4.69, 9.17) is 9.47 Å². The number of esters is 1. The fourth-order valence-corrected chi connectivity index (χ4v) is 4.90. The summed E-state index contributed by atoms with van der Waals surface area (Å²) in [5.41, 5.74) is -4.90. The highest BCUT2D eigenvalue weighted by atomic mass is 19.4. The van der Waals surface area contributed by atoms with Crippen LogP contribution in [-0.2, 0) is 14.3 Å². The van der Waals surface area contributed by atoms with Crippen molar-refractivity contribution < 1.29 is 37.3 Å². The maximum absolute atomic E-state index is 13.3. The molecule has 0 aliphatic heterocycles. The Morgan fingerprint density at radius 2 is 1.76 bits per heavy atom. The molecule has 1 unspecified atom stereocenters. The van der Waals surface area contributed by atoms with Gasteiger partial charge in [-0.1, -0.05) is 57.2 Å². The zero-order valence-electron chi connectivity index (χ0n) is 20.9. The van der Waals surface area contributed by atoms with Gasteiger partial charge in [-0.25, -0.2) is 4.79 Å². The van der Waals surface area contributed by atoms with Crippen molar-refractivity contribution in [3.05, 3.63) is 72.3 Å². The summed E-state index contributed by atoms with van der Waals surface area (Å²) in [4.78, 5) is 24.9. The average Bonchev–Trinajstić information content (AvgIpc) is 3.33. The highest BCUT2D eigenvalue weighted by molar-refractivity contribution is 5.86. The molecule has 2 aromatic carbocycles. The number of hydrogen-bond acceptors (Lipinski definition) is 5. The number of carbonyl (C=O) groups excluding carboxylic acids is 1. The average molecular weight is 516 g/mol. The van der Waals surface area contributed by atoms with Crippen LogP contribution in [0.5, 0.6) is 11.5 Å². The van der Waals surface area contributed by atoms with E-state index < -0.39 is 52.8 Å². The molecule has 1 saturated carbocycles. The second-order valence-corrected chi connectivity index (χ2v) is 9.79. The first-order valence-corrected chi connectivity index (χ1v) is 11.7. The van der Waals surface area contributed by atoms with Crippen molar-refractivity contribution in [1.82, 2.24) is 0 Å². The van der Waals surface area contributed by atoms with E-state index >= 15 is 0 Å². The van der Waals surface area contributed by atoms with Gasteiger partial charge in [-0.15, -0.1) is 0 Å². The van der Waals surface area contributed by atoms with Crippen molar-refractivity contribution in [2.24, 2.45) is 16.7 Å². The van der Waals surface area contributed by atoms with Gasteiger partial charge in [-0.05, 0) is 48.6 Å². The molecule has 0 aromatic heterocycles. The van der Waals surface area contributed by atoms with Crippen LogP contribution in [0.3, 0.4) is 0 Å². The molecule has 1 N–H and O–H groups in total. The molecule has 0 amide bonds. The Kier molecular flexibility index (Phi) is 7.45. The molecule has 3 rings (SSSR count). The van der Waals surface area contributed by atoms with Crippen LogP contribution >= 0.6 is 0 Å². The normalized spacial score (nSPS) is 22.9. The third kappa shape index (κ3) is 4.93. The summed E-state index contributed by atoms with van der Waals surface area (Å²) in [7, 11) is 0. The number of allylic oxidation sites excluding steroid dienone is 1. The summed E-state index contributed by atoms with van der Waals surface area (Å²) in [6.07, 6.45) is -3.20. The second-order valence-electron chi connectivity index (χ2n) is 9.79. The lowest BCUT2D eigenvalue weighted by Crippen LogP contribution is -2.45. The Bertz CT molecular complexity index is 1230. The van der Waals surface area contributed by atoms with E-state index in [2.05, 4.69) is 6.07 Å². The van der Waals surface area contributed by atoms with Gasteiger partial charge in [0, 0.05) is 12.0 Å². The Balaban J connectivity index is 1.91. The van der Waals surface area contributed by atoms with E-state index in [0.29, 0.717) is 17.1 Å². The fourth-order valence-electron chi connectivity index (χ4n) is 4.90. The van der Waals surface area contributed by atoms with Crippen LogP contribution in [-0.4, -0.2) is 28.8 Å². The first-order chi connectivity index (χ1) is 17.2. The minimum atomic E-state index is -4.77. The van der Waals surface area contributed by atoms with Gasteiger partial charge in [0.2, 0.25) is 5.60 Å². The number of carboxylic acids is 1. The first-order valence-electron chi connectivity index (χ1n) is 11.7. The van der Waals surface area contributed by atoms with E-state index in [1.54, 1.807) is 62.4 Å². The largest absolute Gasteiger partial charge is 0.481 e. The van der Waals surface area contributed by atoms with Crippen LogP contribution in [0.15, 0.2) is 66.7 Å². The van der Waals surface area contributed by atoms with Crippen LogP contribution in [0, 0.1) is 28.1 Å². The number of carbonyl (C=O) groups is 2. The molecule has 196 valence electrons. The summed E-state index contributed by atoms with van der Waals surface area (Å²) in [6.45, 7) is 5.30. The molecule has 0 spiro atoms. The summed E-state index contributed by atoms with van der Waals surface area (Å²) < 4.78 is 50.5. The van der Waals surface area contributed by atoms with Gasteiger partial charge < -0.3 is 14.6 Å². The number of benzene rings is 2. The van der Waals surface area contributed by atoms with Crippen molar-refractivity contribution in [1.29, 1.82) is 5.26 Å². The Morgan fingerprint density at radius 1 is 1.14 bits per heavy atom. The highest BCUT2D eigenvalue weighted by Crippen LogP contribution is 2.75. The lowest BCUT2D eigenvalue weighted by atomic mass is 9.78. The number of carboxylic acid groups (broad SMARTS) is 1. The highest BCUT2D eigenvalue weighted by Gasteiger charge is 2.78. The minimum Gasteiger partial charge on any atom is -0.481 e. The summed E-state index contributed by atoms with van der Waals surface area (Å²) in [5, 5.41) is 20.4. The molecular weight excluding hydrogens is 487 g/mol. The van der Waals surface area contributed by atoms with E-state index in [-0.39, 0.29) is 0 Å². The Morgan fingerprint density at radius 3 is 2.30 bits per heavy atom. The van der Waals surface area contributed by atoms with E-state index in [1.165, 1.54) is 13.0 Å². The topological polar surface area (TPSA) is 96.6 Å². The molecule has 6 nitrogen and oxygen atoms in total. The van der Waals surface area contributed by atoms with Crippen molar-refractivity contribution in [2.75, 3.05) is 0 Å².